The average Bonchev–Trinajstić information content (AvgIpc) is 2.62. The molecule has 2 aromatic rings. The Morgan fingerprint density at radius 1 is 1.12 bits per heavy atom. The lowest BCUT2D eigenvalue weighted by Gasteiger charge is -2.33. The fourth-order valence-electron chi connectivity index (χ4n) is 2.82. The van der Waals surface area contributed by atoms with Gasteiger partial charge in [-0.3, -0.25) is 0 Å². The Kier molecular flexibility index (Phi) is 4.89. The molecule has 1 atom stereocenters. The Bertz CT molecular complexity index is 802. The van der Waals surface area contributed by atoms with E-state index in [1.807, 2.05) is 43.3 Å². The van der Waals surface area contributed by atoms with Crippen LogP contribution in [0.15, 0.2) is 53.4 Å². The highest BCUT2D eigenvalue weighted by Gasteiger charge is 2.32. The Hall–Kier alpha value is -1.89. The smallest absolute Gasteiger partial charge is 0.243 e. The van der Waals surface area contributed by atoms with Gasteiger partial charge in [-0.25, -0.2) is 8.42 Å². The van der Waals surface area contributed by atoms with Crippen LogP contribution in [0.3, 0.4) is 0 Å². The molecule has 6 heteroatoms. The number of rotatable bonds is 4. The molecule has 0 aromatic heterocycles. The molecule has 0 amide bonds. The molecule has 3 rings (SSSR count). The first-order valence-corrected chi connectivity index (χ1v) is 9.27. The number of nitrogens with zero attached hydrogens (tertiary/aromatic N) is 1. The van der Waals surface area contributed by atoms with Crippen molar-refractivity contribution in [3.8, 4) is 5.75 Å². The molecule has 1 fully saturated rings. The van der Waals surface area contributed by atoms with Crippen LogP contribution < -0.4 is 4.74 Å². The highest BCUT2D eigenvalue weighted by atomic mass is 32.2. The van der Waals surface area contributed by atoms with Crippen LogP contribution in [0.2, 0.25) is 0 Å². The standard InChI is InChI=1S/C18H21NO4S/c1-14-7-9-15(10-8-14)24(20,21)19-11-12-23-18(13-19)16-5-3-4-6-17(16)22-2/h3-10,18H,11-13H2,1-2H3. The first-order chi connectivity index (χ1) is 11.5. The summed E-state index contributed by atoms with van der Waals surface area (Å²) in [6.07, 6.45) is -0.338. The van der Waals surface area contributed by atoms with Gasteiger partial charge in [-0.1, -0.05) is 35.9 Å². The summed E-state index contributed by atoms with van der Waals surface area (Å²) in [7, 11) is -1.93. The van der Waals surface area contributed by atoms with Gasteiger partial charge in [0.15, 0.2) is 0 Å². The number of ether oxygens (including phenoxy) is 2. The number of hydrogen-bond donors (Lipinski definition) is 0. The monoisotopic (exact) mass is 347 g/mol. The van der Waals surface area contributed by atoms with E-state index < -0.39 is 10.0 Å². The van der Waals surface area contributed by atoms with Gasteiger partial charge in [0.1, 0.15) is 5.75 Å². The zero-order valence-corrected chi connectivity index (χ0v) is 14.6. The first-order valence-electron chi connectivity index (χ1n) is 7.83. The molecule has 1 saturated heterocycles. The maximum atomic E-state index is 12.9. The van der Waals surface area contributed by atoms with Crippen molar-refractivity contribution in [2.75, 3.05) is 26.8 Å². The van der Waals surface area contributed by atoms with Gasteiger partial charge >= 0.3 is 0 Å². The van der Waals surface area contributed by atoms with Crippen molar-refractivity contribution >= 4 is 10.0 Å². The van der Waals surface area contributed by atoms with Gasteiger partial charge in [0.2, 0.25) is 10.0 Å². The summed E-state index contributed by atoms with van der Waals surface area (Å²) in [6.45, 7) is 2.91. The van der Waals surface area contributed by atoms with Gasteiger partial charge in [-0.05, 0) is 25.1 Å². The number of aryl methyl sites for hydroxylation is 1. The molecule has 0 bridgehead atoms. The lowest BCUT2D eigenvalue weighted by atomic mass is 10.1. The van der Waals surface area contributed by atoms with Gasteiger partial charge in [0, 0.05) is 18.7 Å². The average molecular weight is 347 g/mol. The third kappa shape index (κ3) is 3.31. The van der Waals surface area contributed by atoms with Crippen LogP contribution in [-0.2, 0) is 14.8 Å². The summed E-state index contributed by atoms with van der Waals surface area (Å²) in [5.74, 6) is 0.706. The van der Waals surface area contributed by atoms with E-state index in [4.69, 9.17) is 9.47 Å². The Morgan fingerprint density at radius 2 is 1.83 bits per heavy atom. The molecule has 128 valence electrons. The summed E-state index contributed by atoms with van der Waals surface area (Å²) >= 11 is 0. The lowest BCUT2D eigenvalue weighted by molar-refractivity contribution is -0.00372. The largest absolute Gasteiger partial charge is 0.496 e. The van der Waals surface area contributed by atoms with Crippen molar-refractivity contribution in [3.63, 3.8) is 0 Å². The molecule has 24 heavy (non-hydrogen) atoms. The maximum Gasteiger partial charge on any atom is 0.243 e. The van der Waals surface area contributed by atoms with E-state index in [1.54, 1.807) is 19.2 Å². The quantitative estimate of drug-likeness (QED) is 0.853. The van der Waals surface area contributed by atoms with Gasteiger partial charge in [-0.15, -0.1) is 0 Å². The summed E-state index contributed by atoms with van der Waals surface area (Å²) < 4.78 is 38.4. The minimum atomic E-state index is -3.53. The number of para-hydroxylation sites is 1. The minimum absolute atomic E-state index is 0.274. The Morgan fingerprint density at radius 3 is 2.54 bits per heavy atom. The van der Waals surface area contributed by atoms with E-state index in [2.05, 4.69) is 0 Å². The van der Waals surface area contributed by atoms with Gasteiger partial charge in [0.25, 0.3) is 0 Å². The third-order valence-corrected chi connectivity index (χ3v) is 6.05. The van der Waals surface area contributed by atoms with Crippen molar-refractivity contribution in [2.24, 2.45) is 0 Å². The molecule has 1 heterocycles. The van der Waals surface area contributed by atoms with Crippen LogP contribution in [0, 0.1) is 6.92 Å². The molecule has 1 unspecified atom stereocenters. The molecule has 0 N–H and O–H groups in total. The summed E-state index contributed by atoms with van der Waals surface area (Å²) in [5, 5.41) is 0. The second kappa shape index (κ2) is 6.93. The normalized spacial score (nSPS) is 19.2. The van der Waals surface area contributed by atoms with E-state index in [9.17, 15) is 8.42 Å². The summed E-state index contributed by atoms with van der Waals surface area (Å²) in [4.78, 5) is 0.314. The zero-order chi connectivity index (χ0) is 17.2. The molecule has 0 aliphatic carbocycles. The number of benzene rings is 2. The highest BCUT2D eigenvalue weighted by molar-refractivity contribution is 7.89. The second-order valence-corrected chi connectivity index (χ2v) is 7.72. The molecular formula is C18H21NO4S. The molecule has 1 aliphatic rings. The van der Waals surface area contributed by atoms with Crippen molar-refractivity contribution < 1.29 is 17.9 Å². The minimum Gasteiger partial charge on any atom is -0.496 e. The van der Waals surface area contributed by atoms with Crippen LogP contribution in [0.5, 0.6) is 5.75 Å². The number of methoxy groups -OCH3 is 1. The van der Waals surface area contributed by atoms with E-state index >= 15 is 0 Å². The van der Waals surface area contributed by atoms with E-state index in [0.717, 1.165) is 11.1 Å². The third-order valence-electron chi connectivity index (χ3n) is 4.17. The van der Waals surface area contributed by atoms with E-state index in [0.29, 0.717) is 23.8 Å². The molecule has 1 aliphatic heterocycles. The van der Waals surface area contributed by atoms with Gasteiger partial charge in [0.05, 0.1) is 24.7 Å². The summed E-state index contributed by atoms with van der Waals surface area (Å²) in [5.41, 5.74) is 1.90. The lowest BCUT2D eigenvalue weighted by Crippen LogP contribution is -2.42. The van der Waals surface area contributed by atoms with E-state index in [-0.39, 0.29) is 12.6 Å². The van der Waals surface area contributed by atoms with Crippen molar-refractivity contribution in [3.05, 3.63) is 59.7 Å². The topological polar surface area (TPSA) is 55.8 Å². The van der Waals surface area contributed by atoms with Gasteiger partial charge < -0.3 is 9.47 Å². The zero-order valence-electron chi connectivity index (χ0n) is 13.8. The van der Waals surface area contributed by atoms with Crippen molar-refractivity contribution in [1.82, 2.24) is 4.31 Å². The molecule has 0 saturated carbocycles. The molecular weight excluding hydrogens is 326 g/mol. The summed E-state index contributed by atoms with van der Waals surface area (Å²) in [6, 6.07) is 14.5. The van der Waals surface area contributed by atoms with Crippen molar-refractivity contribution in [1.29, 1.82) is 0 Å². The number of hydrogen-bond acceptors (Lipinski definition) is 4. The Labute approximate surface area is 142 Å². The predicted octanol–water partition coefficient (Wildman–Crippen LogP) is 2.77. The van der Waals surface area contributed by atoms with Crippen molar-refractivity contribution in [2.45, 2.75) is 17.9 Å². The predicted molar refractivity (Wildman–Crippen MR) is 91.6 cm³/mol. The SMILES string of the molecule is COc1ccccc1C1CN(S(=O)(=O)c2ccc(C)cc2)CCO1. The van der Waals surface area contributed by atoms with Crippen LogP contribution in [-0.4, -0.2) is 39.5 Å². The molecule has 2 aromatic carbocycles. The van der Waals surface area contributed by atoms with Crippen LogP contribution >= 0.6 is 0 Å². The van der Waals surface area contributed by atoms with E-state index in [1.165, 1.54) is 4.31 Å². The van der Waals surface area contributed by atoms with Crippen LogP contribution in [0.4, 0.5) is 0 Å². The molecule has 0 radical (unpaired) electrons. The molecule has 5 nitrogen and oxygen atoms in total. The van der Waals surface area contributed by atoms with Crippen LogP contribution in [0.1, 0.15) is 17.2 Å². The number of morpholine rings is 1. The Balaban J connectivity index is 1.86. The fraction of sp³-hybridized carbons (Fsp3) is 0.333. The molecule has 0 spiro atoms. The first kappa shape index (κ1) is 17.0. The second-order valence-electron chi connectivity index (χ2n) is 5.78. The highest BCUT2D eigenvalue weighted by Crippen LogP contribution is 2.31. The number of sulfonamides is 1. The maximum absolute atomic E-state index is 12.9. The fourth-order valence-corrected chi connectivity index (χ4v) is 4.25. The van der Waals surface area contributed by atoms with Crippen LogP contribution in [0.25, 0.3) is 0 Å². The van der Waals surface area contributed by atoms with Gasteiger partial charge in [-0.2, -0.15) is 4.31 Å².